The van der Waals surface area contributed by atoms with E-state index in [1.807, 2.05) is 11.8 Å². The molecule has 0 amide bonds. The van der Waals surface area contributed by atoms with Crippen LogP contribution in [-0.4, -0.2) is 27.7 Å². The van der Waals surface area contributed by atoms with Crippen LogP contribution in [0.2, 0.25) is 0 Å². The smallest absolute Gasteiger partial charge is 0.321 e. The van der Waals surface area contributed by atoms with Gasteiger partial charge in [0.15, 0.2) is 0 Å². The van der Waals surface area contributed by atoms with E-state index >= 15 is 0 Å². The first kappa shape index (κ1) is 13.2. The number of nitrogens with one attached hydrogen (secondary N) is 1. The van der Waals surface area contributed by atoms with E-state index in [9.17, 15) is 4.79 Å². The van der Waals surface area contributed by atoms with Crippen molar-refractivity contribution in [2.45, 2.75) is 56.9 Å². The molecule has 1 aliphatic heterocycles. The summed E-state index contributed by atoms with van der Waals surface area (Å²) in [5, 5.41) is 12.4. The molecule has 2 fully saturated rings. The summed E-state index contributed by atoms with van der Waals surface area (Å²) in [6, 6.07) is -0.335. The molecular weight excluding hydrogens is 234 g/mol. The van der Waals surface area contributed by atoms with Crippen LogP contribution in [0.15, 0.2) is 0 Å². The minimum Gasteiger partial charge on any atom is -0.480 e. The van der Waals surface area contributed by atoms with E-state index in [-0.39, 0.29) is 10.9 Å². The topological polar surface area (TPSA) is 49.3 Å². The Labute approximate surface area is 108 Å². The van der Waals surface area contributed by atoms with E-state index in [4.69, 9.17) is 5.11 Å². The molecule has 1 aliphatic carbocycles. The molecule has 0 aromatic carbocycles. The number of hydrogen-bond donors (Lipinski definition) is 2. The molecule has 0 aromatic rings. The standard InChI is InChI=1S/C13H23NO2S/c1-9(2)6-10-4-3-5-13(7-10)14-11(8-17-13)12(15)16/h9-11,14H,3-8H2,1-2H3,(H,15,16). The van der Waals surface area contributed by atoms with Gasteiger partial charge < -0.3 is 5.11 Å². The highest BCUT2D eigenvalue weighted by Crippen LogP contribution is 2.45. The van der Waals surface area contributed by atoms with Crippen LogP contribution in [0, 0.1) is 11.8 Å². The summed E-state index contributed by atoms with van der Waals surface area (Å²) in [6.07, 6.45) is 6.13. The molecule has 1 spiro atoms. The molecule has 17 heavy (non-hydrogen) atoms. The molecule has 0 aromatic heterocycles. The number of carbonyl (C=O) groups is 1. The molecule has 0 radical (unpaired) electrons. The lowest BCUT2D eigenvalue weighted by Crippen LogP contribution is -2.47. The Hall–Kier alpha value is -0.220. The Morgan fingerprint density at radius 3 is 2.94 bits per heavy atom. The minimum atomic E-state index is -0.694. The highest BCUT2D eigenvalue weighted by molar-refractivity contribution is 8.00. The summed E-state index contributed by atoms with van der Waals surface area (Å²) < 4.78 is 0. The average Bonchev–Trinajstić information content (AvgIpc) is 2.61. The molecule has 3 atom stereocenters. The molecule has 1 saturated heterocycles. The maximum absolute atomic E-state index is 11.0. The lowest BCUT2D eigenvalue weighted by molar-refractivity contribution is -0.139. The molecule has 0 bridgehead atoms. The molecule has 2 N–H and O–H groups in total. The van der Waals surface area contributed by atoms with Crippen molar-refractivity contribution in [2.75, 3.05) is 5.75 Å². The van der Waals surface area contributed by atoms with Crippen molar-refractivity contribution >= 4 is 17.7 Å². The molecule has 3 unspecified atom stereocenters. The molecule has 1 saturated carbocycles. The van der Waals surface area contributed by atoms with Gasteiger partial charge in [0, 0.05) is 5.75 Å². The third-order valence-corrected chi connectivity index (χ3v) is 5.42. The maximum Gasteiger partial charge on any atom is 0.321 e. The van der Waals surface area contributed by atoms with Gasteiger partial charge in [0.05, 0.1) is 4.87 Å². The van der Waals surface area contributed by atoms with Gasteiger partial charge in [-0.3, -0.25) is 10.1 Å². The lowest BCUT2D eigenvalue weighted by Gasteiger charge is -2.38. The van der Waals surface area contributed by atoms with E-state index in [1.54, 1.807) is 0 Å². The third-order valence-electron chi connectivity index (χ3n) is 3.88. The Kier molecular flexibility index (Phi) is 4.03. The van der Waals surface area contributed by atoms with Gasteiger partial charge >= 0.3 is 5.97 Å². The molecule has 3 nitrogen and oxygen atoms in total. The first-order valence-corrected chi connectivity index (χ1v) is 7.64. The van der Waals surface area contributed by atoms with Crippen molar-refractivity contribution in [3.63, 3.8) is 0 Å². The molecule has 2 rings (SSSR count). The largest absolute Gasteiger partial charge is 0.480 e. The van der Waals surface area contributed by atoms with Crippen molar-refractivity contribution in [2.24, 2.45) is 11.8 Å². The van der Waals surface area contributed by atoms with Crippen LogP contribution in [0.3, 0.4) is 0 Å². The average molecular weight is 257 g/mol. The summed E-state index contributed by atoms with van der Waals surface area (Å²) in [7, 11) is 0. The zero-order valence-corrected chi connectivity index (χ0v) is 11.6. The van der Waals surface area contributed by atoms with Crippen molar-refractivity contribution in [3.05, 3.63) is 0 Å². The molecule has 98 valence electrons. The number of carboxylic acid groups (broad SMARTS) is 1. The van der Waals surface area contributed by atoms with Gasteiger partial charge in [0.2, 0.25) is 0 Å². The Balaban J connectivity index is 1.95. The van der Waals surface area contributed by atoms with E-state index in [2.05, 4.69) is 19.2 Å². The zero-order chi connectivity index (χ0) is 12.5. The fourth-order valence-corrected chi connectivity index (χ4v) is 4.83. The monoisotopic (exact) mass is 257 g/mol. The van der Waals surface area contributed by atoms with E-state index in [0.29, 0.717) is 0 Å². The van der Waals surface area contributed by atoms with Crippen LogP contribution < -0.4 is 5.32 Å². The molecule has 1 heterocycles. The van der Waals surface area contributed by atoms with Crippen molar-refractivity contribution in [3.8, 4) is 0 Å². The van der Waals surface area contributed by atoms with Crippen LogP contribution in [0.25, 0.3) is 0 Å². The normalized spacial score (nSPS) is 37.8. The molecule has 2 aliphatic rings. The van der Waals surface area contributed by atoms with Crippen LogP contribution in [0.4, 0.5) is 0 Å². The highest BCUT2D eigenvalue weighted by atomic mass is 32.2. The maximum atomic E-state index is 11.0. The van der Waals surface area contributed by atoms with Gasteiger partial charge in [0.25, 0.3) is 0 Å². The van der Waals surface area contributed by atoms with Crippen LogP contribution >= 0.6 is 11.8 Å². The summed E-state index contributed by atoms with van der Waals surface area (Å²) >= 11 is 1.84. The van der Waals surface area contributed by atoms with Gasteiger partial charge in [-0.05, 0) is 31.1 Å². The van der Waals surface area contributed by atoms with Gasteiger partial charge in [-0.2, -0.15) is 0 Å². The molecule has 4 heteroatoms. The fourth-order valence-electron chi connectivity index (χ4n) is 3.25. The number of aliphatic carboxylic acids is 1. The number of rotatable bonds is 3. The fraction of sp³-hybridized carbons (Fsp3) is 0.923. The number of hydrogen-bond acceptors (Lipinski definition) is 3. The van der Waals surface area contributed by atoms with Crippen LogP contribution in [0.5, 0.6) is 0 Å². The van der Waals surface area contributed by atoms with Crippen LogP contribution in [0.1, 0.15) is 46.0 Å². The second-order valence-corrected chi connectivity index (χ2v) is 7.34. The zero-order valence-electron chi connectivity index (χ0n) is 10.7. The number of thioether (sulfide) groups is 1. The first-order chi connectivity index (χ1) is 8.01. The van der Waals surface area contributed by atoms with E-state index in [1.165, 1.54) is 19.3 Å². The first-order valence-electron chi connectivity index (χ1n) is 6.65. The van der Waals surface area contributed by atoms with Crippen molar-refractivity contribution < 1.29 is 9.90 Å². The van der Waals surface area contributed by atoms with Gasteiger partial charge in [-0.25, -0.2) is 0 Å². The lowest BCUT2D eigenvalue weighted by atomic mass is 9.80. The van der Waals surface area contributed by atoms with Crippen molar-refractivity contribution in [1.82, 2.24) is 5.32 Å². The summed E-state index contributed by atoms with van der Waals surface area (Å²) in [5.74, 6) is 1.55. The summed E-state index contributed by atoms with van der Waals surface area (Å²) in [4.78, 5) is 11.1. The predicted octanol–water partition coefficient (Wildman–Crippen LogP) is 2.71. The van der Waals surface area contributed by atoms with Crippen LogP contribution in [-0.2, 0) is 4.79 Å². The van der Waals surface area contributed by atoms with Gasteiger partial charge in [0.1, 0.15) is 6.04 Å². The number of carboxylic acids is 1. The highest BCUT2D eigenvalue weighted by Gasteiger charge is 2.44. The second kappa shape index (κ2) is 5.19. The predicted molar refractivity (Wildman–Crippen MR) is 71.2 cm³/mol. The third kappa shape index (κ3) is 3.16. The van der Waals surface area contributed by atoms with Gasteiger partial charge in [-0.15, -0.1) is 11.8 Å². The van der Waals surface area contributed by atoms with Crippen molar-refractivity contribution in [1.29, 1.82) is 0 Å². The Morgan fingerprint density at radius 1 is 1.59 bits per heavy atom. The SMILES string of the molecule is CC(C)CC1CCCC2(C1)NC(C(=O)O)CS2. The van der Waals surface area contributed by atoms with Gasteiger partial charge in [-0.1, -0.05) is 26.7 Å². The quantitative estimate of drug-likeness (QED) is 0.816. The van der Waals surface area contributed by atoms with E-state index in [0.717, 1.165) is 30.4 Å². The minimum absolute atomic E-state index is 0.0703. The second-order valence-electron chi connectivity index (χ2n) is 5.93. The molecular formula is C13H23NO2S. The summed E-state index contributed by atoms with van der Waals surface area (Å²) in [5.41, 5.74) is 0. The Bertz CT molecular complexity index is 295. The Morgan fingerprint density at radius 2 is 2.35 bits per heavy atom. The summed E-state index contributed by atoms with van der Waals surface area (Å²) in [6.45, 7) is 4.55. The van der Waals surface area contributed by atoms with E-state index < -0.39 is 5.97 Å².